The van der Waals surface area contributed by atoms with Gasteiger partial charge in [-0.2, -0.15) is 0 Å². The summed E-state index contributed by atoms with van der Waals surface area (Å²) in [6.07, 6.45) is 1.28. The number of ether oxygens (including phenoxy) is 1. The fraction of sp³-hybridized carbons (Fsp3) is 0.357. The first-order valence-electron chi connectivity index (χ1n) is 12.0. The van der Waals surface area contributed by atoms with E-state index in [1.165, 1.54) is 29.2 Å². The van der Waals surface area contributed by atoms with E-state index in [2.05, 4.69) is 0 Å². The molecule has 2 aromatic carbocycles. The molecular weight excluding hydrogens is 447 g/mol. The van der Waals surface area contributed by atoms with Gasteiger partial charge in [-0.3, -0.25) is 9.59 Å². The van der Waals surface area contributed by atoms with Gasteiger partial charge in [-0.25, -0.2) is 4.39 Å². The highest BCUT2D eigenvalue weighted by Crippen LogP contribution is 2.13. The summed E-state index contributed by atoms with van der Waals surface area (Å²) >= 11 is 0. The Balaban J connectivity index is 1.75. The summed E-state index contributed by atoms with van der Waals surface area (Å²) in [6, 6.07) is 19.1. The second-order valence-electron chi connectivity index (χ2n) is 8.35. The average molecular weight is 481 g/mol. The van der Waals surface area contributed by atoms with Crippen molar-refractivity contribution in [3.8, 4) is 0 Å². The van der Waals surface area contributed by atoms with Gasteiger partial charge in [-0.05, 0) is 68.7 Å². The maximum Gasteiger partial charge on any atom is 0.254 e. The van der Waals surface area contributed by atoms with Crippen molar-refractivity contribution in [3.05, 3.63) is 95.2 Å². The third-order valence-corrected chi connectivity index (χ3v) is 5.63. The number of halogens is 1. The molecule has 0 aliphatic rings. The van der Waals surface area contributed by atoms with Crippen LogP contribution in [0.5, 0.6) is 0 Å². The van der Waals surface area contributed by atoms with Crippen LogP contribution in [0.25, 0.3) is 0 Å². The Morgan fingerprint density at radius 1 is 0.943 bits per heavy atom. The minimum absolute atomic E-state index is 0.0865. The molecule has 0 spiro atoms. The summed E-state index contributed by atoms with van der Waals surface area (Å²) < 4.78 is 24.5. The molecule has 35 heavy (non-hydrogen) atoms. The third kappa shape index (κ3) is 8.37. The molecule has 0 bridgehead atoms. The smallest absolute Gasteiger partial charge is 0.254 e. The molecule has 1 heterocycles. The monoisotopic (exact) mass is 480 g/mol. The van der Waals surface area contributed by atoms with E-state index in [1.807, 2.05) is 56.3 Å². The Kier molecular flexibility index (Phi) is 10.0. The van der Waals surface area contributed by atoms with Gasteiger partial charge in [0.25, 0.3) is 5.91 Å². The highest BCUT2D eigenvalue weighted by Gasteiger charge is 2.23. The van der Waals surface area contributed by atoms with Crippen molar-refractivity contribution in [3.63, 3.8) is 0 Å². The Morgan fingerprint density at radius 3 is 2.34 bits per heavy atom. The molecule has 0 unspecified atom stereocenters. The van der Waals surface area contributed by atoms with E-state index in [-0.39, 0.29) is 18.4 Å². The number of aryl methyl sites for hydroxylation is 1. The summed E-state index contributed by atoms with van der Waals surface area (Å²) in [4.78, 5) is 29.9. The molecule has 0 N–H and O–H groups in total. The molecule has 1 aromatic heterocycles. The zero-order valence-electron chi connectivity index (χ0n) is 20.4. The SMILES string of the molecule is CCOCCCN(CC(=O)N(CCc1ccccc1)Cc1ccc(C)o1)C(=O)c1ccc(F)cc1. The molecule has 0 atom stereocenters. The quantitative estimate of drug-likeness (QED) is 0.328. The van der Waals surface area contributed by atoms with Gasteiger partial charge >= 0.3 is 0 Å². The largest absolute Gasteiger partial charge is 0.464 e. The molecule has 0 saturated heterocycles. The summed E-state index contributed by atoms with van der Waals surface area (Å²) in [5.74, 6) is 0.561. The van der Waals surface area contributed by atoms with Gasteiger partial charge in [-0.1, -0.05) is 30.3 Å². The Morgan fingerprint density at radius 2 is 1.69 bits per heavy atom. The van der Waals surface area contributed by atoms with Crippen LogP contribution in [0.1, 0.15) is 40.8 Å². The number of rotatable bonds is 13. The van der Waals surface area contributed by atoms with Gasteiger partial charge in [0, 0.05) is 31.9 Å². The summed E-state index contributed by atoms with van der Waals surface area (Å²) in [7, 11) is 0. The number of amides is 2. The van der Waals surface area contributed by atoms with E-state index in [0.29, 0.717) is 57.0 Å². The van der Waals surface area contributed by atoms with Gasteiger partial charge in [-0.15, -0.1) is 0 Å². The summed E-state index contributed by atoms with van der Waals surface area (Å²) in [5, 5.41) is 0. The summed E-state index contributed by atoms with van der Waals surface area (Å²) in [5.41, 5.74) is 1.46. The highest BCUT2D eigenvalue weighted by atomic mass is 19.1. The van der Waals surface area contributed by atoms with Gasteiger partial charge in [0.2, 0.25) is 5.91 Å². The third-order valence-electron chi connectivity index (χ3n) is 5.63. The number of benzene rings is 2. The lowest BCUT2D eigenvalue weighted by Gasteiger charge is -2.27. The zero-order chi connectivity index (χ0) is 25.0. The number of carbonyl (C=O) groups is 2. The van der Waals surface area contributed by atoms with E-state index in [4.69, 9.17) is 9.15 Å². The maximum atomic E-state index is 13.5. The molecule has 6 nitrogen and oxygen atoms in total. The first-order valence-corrected chi connectivity index (χ1v) is 12.0. The molecule has 2 amide bonds. The number of nitrogens with zero attached hydrogens (tertiary/aromatic N) is 2. The van der Waals surface area contributed by atoms with Crippen LogP contribution >= 0.6 is 0 Å². The van der Waals surface area contributed by atoms with Crippen molar-refractivity contribution in [2.24, 2.45) is 0 Å². The van der Waals surface area contributed by atoms with Crippen LogP contribution in [-0.2, 0) is 22.5 Å². The minimum Gasteiger partial charge on any atom is -0.464 e. The fourth-order valence-electron chi connectivity index (χ4n) is 3.75. The van der Waals surface area contributed by atoms with E-state index in [9.17, 15) is 14.0 Å². The van der Waals surface area contributed by atoms with Crippen molar-refractivity contribution in [2.45, 2.75) is 33.2 Å². The molecule has 0 aliphatic carbocycles. The summed E-state index contributed by atoms with van der Waals surface area (Å²) in [6.45, 7) is 5.91. The van der Waals surface area contributed by atoms with E-state index in [0.717, 1.165) is 11.3 Å². The van der Waals surface area contributed by atoms with Crippen molar-refractivity contribution in [2.75, 3.05) is 32.8 Å². The van der Waals surface area contributed by atoms with Crippen molar-refractivity contribution in [1.82, 2.24) is 9.80 Å². The maximum absolute atomic E-state index is 13.5. The first kappa shape index (κ1) is 26.2. The topological polar surface area (TPSA) is 63.0 Å². The average Bonchev–Trinajstić information content (AvgIpc) is 3.28. The Labute approximate surface area is 206 Å². The molecular formula is C28H33FN2O4. The molecule has 0 saturated carbocycles. The minimum atomic E-state index is -0.415. The number of carbonyl (C=O) groups excluding carboxylic acids is 2. The second-order valence-corrected chi connectivity index (χ2v) is 8.35. The van der Waals surface area contributed by atoms with Gasteiger partial charge in [0.15, 0.2) is 0 Å². The highest BCUT2D eigenvalue weighted by molar-refractivity contribution is 5.96. The Hall–Kier alpha value is -3.45. The van der Waals surface area contributed by atoms with Crippen LogP contribution in [0.15, 0.2) is 71.1 Å². The van der Waals surface area contributed by atoms with E-state index >= 15 is 0 Å². The zero-order valence-corrected chi connectivity index (χ0v) is 20.4. The van der Waals surface area contributed by atoms with Crippen LogP contribution in [0.4, 0.5) is 4.39 Å². The van der Waals surface area contributed by atoms with Crippen LogP contribution in [0, 0.1) is 12.7 Å². The number of hydrogen-bond donors (Lipinski definition) is 0. The standard InChI is InChI=1S/C28H33FN2O4/c1-3-34-19-7-17-31(28(33)24-11-13-25(29)14-12-24)21-27(32)30(20-26-15-10-22(2)35-26)18-16-23-8-5-4-6-9-23/h4-6,8-15H,3,7,16-21H2,1-2H3. The Bertz CT molecular complexity index is 1070. The van der Waals surface area contributed by atoms with E-state index in [1.54, 1.807) is 4.90 Å². The predicted octanol–water partition coefficient (Wildman–Crippen LogP) is 4.87. The normalized spacial score (nSPS) is 10.8. The molecule has 186 valence electrons. The van der Waals surface area contributed by atoms with Crippen molar-refractivity contribution >= 4 is 11.8 Å². The van der Waals surface area contributed by atoms with Crippen LogP contribution in [0.3, 0.4) is 0 Å². The molecule has 0 aliphatic heterocycles. The van der Waals surface area contributed by atoms with Crippen LogP contribution < -0.4 is 0 Å². The fourth-order valence-corrected chi connectivity index (χ4v) is 3.75. The van der Waals surface area contributed by atoms with Gasteiger partial charge < -0.3 is 19.0 Å². The lowest BCUT2D eigenvalue weighted by molar-refractivity contribution is -0.132. The van der Waals surface area contributed by atoms with Crippen molar-refractivity contribution < 1.29 is 23.1 Å². The van der Waals surface area contributed by atoms with Crippen LogP contribution in [0.2, 0.25) is 0 Å². The number of furan rings is 1. The second kappa shape index (κ2) is 13.4. The lowest BCUT2D eigenvalue weighted by atomic mass is 10.1. The molecule has 3 aromatic rings. The van der Waals surface area contributed by atoms with Crippen molar-refractivity contribution in [1.29, 1.82) is 0 Å². The first-order chi connectivity index (χ1) is 17.0. The molecule has 3 rings (SSSR count). The lowest BCUT2D eigenvalue weighted by Crippen LogP contribution is -2.44. The van der Waals surface area contributed by atoms with Gasteiger partial charge in [0.1, 0.15) is 23.9 Å². The van der Waals surface area contributed by atoms with E-state index < -0.39 is 5.82 Å². The molecule has 7 heteroatoms. The molecule has 0 radical (unpaired) electrons. The predicted molar refractivity (Wildman–Crippen MR) is 132 cm³/mol. The van der Waals surface area contributed by atoms with Crippen LogP contribution in [-0.4, -0.2) is 54.5 Å². The molecule has 0 fully saturated rings. The van der Waals surface area contributed by atoms with Gasteiger partial charge in [0.05, 0.1) is 6.54 Å². The number of hydrogen-bond acceptors (Lipinski definition) is 4.